The maximum absolute atomic E-state index is 12.2. The quantitative estimate of drug-likeness (QED) is 0.673. The molecular formula is C12H16N4O4. The van der Waals surface area contributed by atoms with Gasteiger partial charge in [-0.2, -0.15) is 0 Å². The summed E-state index contributed by atoms with van der Waals surface area (Å²) in [6.07, 6.45) is -0.319. The van der Waals surface area contributed by atoms with Gasteiger partial charge < -0.3 is 14.0 Å². The summed E-state index contributed by atoms with van der Waals surface area (Å²) in [6, 6.07) is 0. The SMILES string of the molecule is Cn1c(=O)c2c(nc(C3COCCO3)n2C)n(C)c1=O. The number of aromatic nitrogens is 4. The van der Waals surface area contributed by atoms with E-state index in [1.807, 2.05) is 0 Å². The number of fused-ring (bicyclic) bond motifs is 1. The minimum absolute atomic E-state index is 0.319. The number of hydrogen-bond acceptors (Lipinski definition) is 5. The molecule has 0 aliphatic carbocycles. The molecule has 1 atom stereocenters. The lowest BCUT2D eigenvalue weighted by Crippen LogP contribution is -2.37. The molecule has 1 unspecified atom stereocenters. The Balaban J connectivity index is 2.29. The van der Waals surface area contributed by atoms with Crippen molar-refractivity contribution in [1.82, 2.24) is 18.7 Å². The molecule has 0 aromatic carbocycles. The van der Waals surface area contributed by atoms with Crippen LogP contribution in [0.5, 0.6) is 0 Å². The predicted molar refractivity (Wildman–Crippen MR) is 70.7 cm³/mol. The summed E-state index contributed by atoms with van der Waals surface area (Å²) < 4.78 is 15.1. The van der Waals surface area contributed by atoms with E-state index in [0.29, 0.717) is 36.8 Å². The molecular weight excluding hydrogens is 264 g/mol. The number of imidazole rings is 1. The van der Waals surface area contributed by atoms with E-state index in [-0.39, 0.29) is 11.7 Å². The predicted octanol–water partition coefficient (Wildman–Crippen LogP) is -0.941. The van der Waals surface area contributed by atoms with E-state index in [1.165, 1.54) is 11.6 Å². The van der Waals surface area contributed by atoms with E-state index in [2.05, 4.69) is 4.98 Å². The molecule has 2 aromatic rings. The molecule has 0 saturated carbocycles. The highest BCUT2D eigenvalue weighted by Gasteiger charge is 2.25. The molecule has 0 amide bonds. The third kappa shape index (κ3) is 1.72. The molecule has 108 valence electrons. The van der Waals surface area contributed by atoms with Gasteiger partial charge >= 0.3 is 5.69 Å². The van der Waals surface area contributed by atoms with Gasteiger partial charge in [-0.15, -0.1) is 0 Å². The Hall–Kier alpha value is -1.93. The first-order valence-corrected chi connectivity index (χ1v) is 6.34. The summed E-state index contributed by atoms with van der Waals surface area (Å²) in [6.45, 7) is 1.44. The van der Waals surface area contributed by atoms with Crippen molar-refractivity contribution >= 4 is 11.2 Å². The number of hydrogen-bond donors (Lipinski definition) is 0. The molecule has 20 heavy (non-hydrogen) atoms. The highest BCUT2D eigenvalue weighted by atomic mass is 16.6. The summed E-state index contributed by atoms with van der Waals surface area (Å²) in [7, 11) is 4.80. The maximum atomic E-state index is 12.2. The van der Waals surface area contributed by atoms with Crippen LogP contribution in [0.3, 0.4) is 0 Å². The zero-order chi connectivity index (χ0) is 14.4. The van der Waals surface area contributed by atoms with Crippen LogP contribution < -0.4 is 11.2 Å². The molecule has 0 spiro atoms. The van der Waals surface area contributed by atoms with Crippen LogP contribution in [-0.4, -0.2) is 38.5 Å². The normalized spacial score (nSPS) is 19.6. The number of rotatable bonds is 1. The highest BCUT2D eigenvalue weighted by Crippen LogP contribution is 2.21. The van der Waals surface area contributed by atoms with Gasteiger partial charge in [-0.25, -0.2) is 9.78 Å². The zero-order valence-electron chi connectivity index (χ0n) is 11.6. The molecule has 1 aliphatic rings. The Morgan fingerprint density at radius 3 is 2.50 bits per heavy atom. The van der Waals surface area contributed by atoms with Gasteiger partial charge in [-0.3, -0.25) is 13.9 Å². The topological polar surface area (TPSA) is 80.3 Å². The molecule has 0 radical (unpaired) electrons. The van der Waals surface area contributed by atoms with Crippen molar-refractivity contribution in [2.24, 2.45) is 21.1 Å². The van der Waals surface area contributed by atoms with Crippen LogP contribution in [0.1, 0.15) is 11.9 Å². The molecule has 2 aromatic heterocycles. The Morgan fingerprint density at radius 2 is 1.85 bits per heavy atom. The van der Waals surface area contributed by atoms with Crippen LogP contribution >= 0.6 is 0 Å². The van der Waals surface area contributed by atoms with Crippen molar-refractivity contribution < 1.29 is 9.47 Å². The van der Waals surface area contributed by atoms with Crippen molar-refractivity contribution in [2.75, 3.05) is 19.8 Å². The lowest BCUT2D eigenvalue weighted by Gasteiger charge is -2.22. The lowest BCUT2D eigenvalue weighted by atomic mass is 10.3. The average Bonchev–Trinajstić information content (AvgIpc) is 2.81. The third-order valence-electron chi connectivity index (χ3n) is 3.61. The largest absolute Gasteiger partial charge is 0.376 e. The van der Waals surface area contributed by atoms with Crippen molar-refractivity contribution in [1.29, 1.82) is 0 Å². The minimum Gasteiger partial charge on any atom is -0.376 e. The second kappa shape index (κ2) is 4.57. The fourth-order valence-electron chi connectivity index (χ4n) is 2.46. The van der Waals surface area contributed by atoms with E-state index in [0.717, 1.165) is 4.57 Å². The standard InChI is InChI=1S/C12H16N4O4/c1-14-8-10(15(2)12(18)16(3)11(8)17)13-9(14)7-6-19-4-5-20-7/h7H,4-6H2,1-3H3. The molecule has 0 bridgehead atoms. The summed E-state index contributed by atoms with van der Waals surface area (Å²) >= 11 is 0. The molecule has 3 rings (SSSR count). The number of ether oxygens (including phenoxy) is 2. The van der Waals surface area contributed by atoms with E-state index in [4.69, 9.17) is 9.47 Å². The van der Waals surface area contributed by atoms with Gasteiger partial charge in [0.1, 0.15) is 11.9 Å². The van der Waals surface area contributed by atoms with Gasteiger partial charge in [0.15, 0.2) is 11.2 Å². The van der Waals surface area contributed by atoms with Crippen LogP contribution in [0.2, 0.25) is 0 Å². The van der Waals surface area contributed by atoms with E-state index >= 15 is 0 Å². The summed E-state index contributed by atoms with van der Waals surface area (Å²) in [5.74, 6) is 0.595. The monoisotopic (exact) mass is 280 g/mol. The smallest absolute Gasteiger partial charge is 0.332 e. The van der Waals surface area contributed by atoms with Gasteiger partial charge in [0.25, 0.3) is 5.56 Å². The van der Waals surface area contributed by atoms with Gasteiger partial charge in [-0.1, -0.05) is 0 Å². The first kappa shape index (κ1) is 13.1. The number of aryl methyl sites for hydroxylation is 2. The molecule has 8 nitrogen and oxygen atoms in total. The molecule has 3 heterocycles. The Kier molecular flexibility index (Phi) is 2.98. The molecule has 0 N–H and O–H groups in total. The Morgan fingerprint density at radius 1 is 1.10 bits per heavy atom. The molecule has 1 fully saturated rings. The first-order chi connectivity index (χ1) is 9.52. The maximum Gasteiger partial charge on any atom is 0.332 e. The van der Waals surface area contributed by atoms with Gasteiger partial charge in [0, 0.05) is 21.1 Å². The highest BCUT2D eigenvalue weighted by molar-refractivity contribution is 5.71. The van der Waals surface area contributed by atoms with Crippen LogP contribution in [0.25, 0.3) is 11.2 Å². The van der Waals surface area contributed by atoms with Crippen molar-refractivity contribution in [3.63, 3.8) is 0 Å². The van der Waals surface area contributed by atoms with Crippen molar-refractivity contribution in [2.45, 2.75) is 6.10 Å². The summed E-state index contributed by atoms with van der Waals surface area (Å²) in [5, 5.41) is 0. The molecule has 8 heteroatoms. The zero-order valence-corrected chi connectivity index (χ0v) is 11.6. The Bertz CT molecular complexity index is 779. The van der Waals surface area contributed by atoms with Crippen molar-refractivity contribution in [3.8, 4) is 0 Å². The van der Waals surface area contributed by atoms with Crippen LogP contribution in [0.15, 0.2) is 9.59 Å². The average molecular weight is 280 g/mol. The van der Waals surface area contributed by atoms with Crippen LogP contribution in [-0.2, 0) is 30.6 Å². The Labute approximate surface area is 114 Å². The first-order valence-electron chi connectivity index (χ1n) is 6.34. The molecule has 1 saturated heterocycles. The summed E-state index contributed by atoms with van der Waals surface area (Å²) in [4.78, 5) is 28.6. The summed E-state index contributed by atoms with van der Waals surface area (Å²) in [5.41, 5.74) is -0.00223. The second-order valence-corrected chi connectivity index (χ2v) is 4.84. The van der Waals surface area contributed by atoms with Crippen molar-refractivity contribution in [3.05, 3.63) is 26.7 Å². The van der Waals surface area contributed by atoms with Gasteiger partial charge in [0.2, 0.25) is 0 Å². The number of nitrogens with zero attached hydrogens (tertiary/aromatic N) is 4. The van der Waals surface area contributed by atoms with Crippen LogP contribution in [0, 0.1) is 0 Å². The van der Waals surface area contributed by atoms with Gasteiger partial charge in [0.05, 0.1) is 19.8 Å². The second-order valence-electron chi connectivity index (χ2n) is 4.84. The van der Waals surface area contributed by atoms with E-state index in [9.17, 15) is 9.59 Å². The molecule has 1 aliphatic heterocycles. The van der Waals surface area contributed by atoms with E-state index < -0.39 is 5.69 Å². The fraction of sp³-hybridized carbons (Fsp3) is 0.583. The minimum atomic E-state index is -0.395. The lowest BCUT2D eigenvalue weighted by molar-refractivity contribution is -0.0942. The van der Waals surface area contributed by atoms with Gasteiger partial charge in [-0.05, 0) is 0 Å². The third-order valence-corrected chi connectivity index (χ3v) is 3.61. The van der Waals surface area contributed by atoms with E-state index in [1.54, 1.807) is 18.7 Å². The fourth-order valence-corrected chi connectivity index (χ4v) is 2.46. The van der Waals surface area contributed by atoms with Crippen LogP contribution in [0.4, 0.5) is 0 Å².